The summed E-state index contributed by atoms with van der Waals surface area (Å²) < 4.78 is 0. The number of hydrogen-bond donors (Lipinski definition) is 2. The molecule has 2 N–H and O–H groups in total. The minimum atomic E-state index is -0.241. The summed E-state index contributed by atoms with van der Waals surface area (Å²) >= 11 is 0. The second-order valence-corrected chi connectivity index (χ2v) is 7.24. The van der Waals surface area contributed by atoms with E-state index in [2.05, 4.69) is 15.6 Å². The molecule has 2 heterocycles. The highest BCUT2D eigenvalue weighted by molar-refractivity contribution is 8.76. The van der Waals surface area contributed by atoms with Crippen molar-refractivity contribution in [2.75, 3.05) is 27.4 Å². The maximum atomic E-state index is 10.4. The largest absolute Gasteiger partial charge is 0.359 e. The van der Waals surface area contributed by atoms with Crippen molar-refractivity contribution in [1.29, 1.82) is 0 Å². The first-order valence-corrected chi connectivity index (χ1v) is 10.8. The summed E-state index contributed by atoms with van der Waals surface area (Å²) in [5.41, 5.74) is 0. The number of carbonyl (C=O) groups excluding carboxylic acids is 4. The van der Waals surface area contributed by atoms with Crippen molar-refractivity contribution in [2.45, 2.75) is 25.3 Å². The van der Waals surface area contributed by atoms with Gasteiger partial charge in [-0.3, -0.25) is 24.1 Å². The van der Waals surface area contributed by atoms with Crippen LogP contribution in [0.15, 0.2) is 41.6 Å². The Balaban J connectivity index is 0. The maximum Gasteiger partial charge on any atom is 0.253 e. The molecule has 0 unspecified atom stereocenters. The van der Waals surface area contributed by atoms with Gasteiger partial charge < -0.3 is 10.6 Å². The van der Waals surface area contributed by atoms with Crippen LogP contribution in [0.2, 0.25) is 0 Å². The third-order valence-corrected chi connectivity index (χ3v) is 4.38. The van der Waals surface area contributed by atoms with E-state index < -0.39 is 0 Å². The normalized spacial score (nSPS) is 11.1. The molecule has 1 aromatic rings. The lowest BCUT2D eigenvalue weighted by atomic mass is 10.5. The third-order valence-electron chi connectivity index (χ3n) is 2.79. The molecule has 1 aliphatic rings. The summed E-state index contributed by atoms with van der Waals surface area (Å²) in [6.07, 6.45) is 6.93. The molecule has 28 heavy (non-hydrogen) atoms. The minimum absolute atomic E-state index is 0.00463. The van der Waals surface area contributed by atoms with E-state index in [0.29, 0.717) is 6.42 Å². The van der Waals surface area contributed by atoms with E-state index >= 15 is 0 Å². The van der Waals surface area contributed by atoms with Crippen LogP contribution >= 0.6 is 21.6 Å². The van der Waals surface area contributed by atoms with E-state index in [9.17, 15) is 19.2 Å². The number of imide groups is 1. The summed E-state index contributed by atoms with van der Waals surface area (Å²) in [5, 5.41) is 5.94. The second-order valence-electron chi connectivity index (χ2n) is 4.82. The van der Waals surface area contributed by atoms with E-state index in [1.54, 1.807) is 41.9 Å². The Morgan fingerprint density at radius 1 is 1.11 bits per heavy atom. The molecule has 0 radical (unpaired) electrons. The van der Waals surface area contributed by atoms with Crippen molar-refractivity contribution in [3.05, 3.63) is 36.5 Å². The van der Waals surface area contributed by atoms with Crippen molar-refractivity contribution in [2.24, 2.45) is 0 Å². The number of likely N-dealkylation sites (N-methyl/N-ethyl adjacent to an activating group) is 1. The van der Waals surface area contributed by atoms with Gasteiger partial charge in [-0.1, -0.05) is 23.8 Å². The molecule has 4 amide bonds. The monoisotopic (exact) mass is 428 g/mol. The van der Waals surface area contributed by atoms with Gasteiger partial charge in [0.2, 0.25) is 11.8 Å². The van der Waals surface area contributed by atoms with Gasteiger partial charge in [0.15, 0.2) is 0 Å². The van der Waals surface area contributed by atoms with Gasteiger partial charge in [-0.2, -0.15) is 0 Å². The van der Waals surface area contributed by atoms with Crippen LogP contribution in [0.3, 0.4) is 0 Å². The highest BCUT2D eigenvalue weighted by Gasteiger charge is 2.17. The van der Waals surface area contributed by atoms with Crippen LogP contribution in [0, 0.1) is 0 Å². The van der Waals surface area contributed by atoms with Crippen LogP contribution in [-0.4, -0.2) is 60.9 Å². The maximum absolute atomic E-state index is 10.4. The molecule has 0 saturated carbocycles. The van der Waals surface area contributed by atoms with Crippen LogP contribution in [-0.2, 0) is 19.2 Å². The van der Waals surface area contributed by atoms with Crippen molar-refractivity contribution in [1.82, 2.24) is 20.5 Å². The van der Waals surface area contributed by atoms with E-state index in [1.165, 1.54) is 26.1 Å². The van der Waals surface area contributed by atoms with Crippen LogP contribution in [0.5, 0.6) is 0 Å². The van der Waals surface area contributed by atoms with Gasteiger partial charge in [0.05, 0.1) is 0 Å². The summed E-state index contributed by atoms with van der Waals surface area (Å²) in [5.74, 6) is -0.384. The lowest BCUT2D eigenvalue weighted by molar-refractivity contribution is -0.135. The molecule has 156 valence electrons. The van der Waals surface area contributed by atoms with Gasteiger partial charge in [-0.15, -0.1) is 0 Å². The lowest BCUT2D eigenvalue weighted by Crippen LogP contribution is -2.24. The molecular weight excluding hydrogens is 400 g/mol. The number of rotatable bonds is 3. The average Bonchev–Trinajstić information content (AvgIpc) is 3.00. The summed E-state index contributed by atoms with van der Waals surface area (Å²) in [4.78, 5) is 45.7. The van der Waals surface area contributed by atoms with E-state index in [1.807, 2.05) is 31.4 Å². The number of hydrogen-bond acceptors (Lipinski definition) is 7. The van der Waals surface area contributed by atoms with E-state index in [4.69, 9.17) is 0 Å². The molecule has 2 rings (SSSR count). The molecule has 8 nitrogen and oxygen atoms in total. The van der Waals surface area contributed by atoms with Crippen LogP contribution in [0.1, 0.15) is 20.3 Å². The highest BCUT2D eigenvalue weighted by Crippen LogP contribution is 2.25. The van der Waals surface area contributed by atoms with Gasteiger partial charge >= 0.3 is 0 Å². The Morgan fingerprint density at radius 2 is 1.64 bits per heavy atom. The van der Waals surface area contributed by atoms with Crippen molar-refractivity contribution in [3.63, 3.8) is 0 Å². The standard InChI is InChI=1S/C6H7NS2.C5H5NO2.C4H9NO.C3H7NO/c1-8-9-6-4-2-3-5-7-6;1-6-4(7)2-3-5(6)8;1-3-4(6)5-2;1-3(5)4-2/h2-5H,1H3;2-3H,1H3;3H2,1-2H3,(H,5,6);1-2H3,(H,4,5). The predicted octanol–water partition coefficient (Wildman–Crippen LogP) is 1.89. The fourth-order valence-electron chi connectivity index (χ4n) is 1.13. The molecular formula is C18H28N4O4S2. The molecule has 0 fully saturated rings. The Hall–Kier alpha value is -2.33. The first-order chi connectivity index (χ1) is 13.2. The topological polar surface area (TPSA) is 108 Å². The molecule has 10 heteroatoms. The number of pyridine rings is 1. The predicted molar refractivity (Wildman–Crippen MR) is 115 cm³/mol. The summed E-state index contributed by atoms with van der Waals surface area (Å²) in [7, 11) is 8.07. The lowest BCUT2D eigenvalue weighted by Gasteiger charge is -2.01. The molecule has 0 aromatic carbocycles. The first kappa shape index (κ1) is 27.9. The quantitative estimate of drug-likeness (QED) is 0.559. The number of nitrogens with one attached hydrogen (secondary N) is 2. The van der Waals surface area contributed by atoms with Crippen LogP contribution in [0.25, 0.3) is 0 Å². The van der Waals surface area contributed by atoms with Crippen molar-refractivity contribution >= 4 is 45.2 Å². The molecule has 0 atom stereocenters. The Kier molecular flexibility index (Phi) is 18.0. The fraction of sp³-hybridized carbons (Fsp3) is 0.389. The number of nitrogens with zero attached hydrogens (tertiary/aromatic N) is 2. The smallest absolute Gasteiger partial charge is 0.253 e. The number of carbonyl (C=O) groups is 4. The Labute approximate surface area is 174 Å². The first-order valence-electron chi connectivity index (χ1n) is 8.23. The zero-order valence-corrected chi connectivity index (χ0v) is 18.6. The zero-order chi connectivity index (χ0) is 21.9. The van der Waals surface area contributed by atoms with Gasteiger partial charge in [0.1, 0.15) is 5.03 Å². The van der Waals surface area contributed by atoms with Gasteiger partial charge in [-0.05, 0) is 29.2 Å². The molecule has 1 aliphatic heterocycles. The van der Waals surface area contributed by atoms with E-state index in [-0.39, 0.29) is 23.6 Å². The third kappa shape index (κ3) is 15.9. The molecule has 1 aromatic heterocycles. The second kappa shape index (κ2) is 18.1. The SMILES string of the molecule is CCC(=O)NC.CN1C(=O)C=CC1=O.CNC(C)=O.CSSc1ccccn1. The average molecular weight is 429 g/mol. The molecule has 0 saturated heterocycles. The highest BCUT2D eigenvalue weighted by atomic mass is 33.1. The van der Waals surface area contributed by atoms with Gasteiger partial charge in [0.25, 0.3) is 11.8 Å². The van der Waals surface area contributed by atoms with E-state index in [0.717, 1.165) is 9.93 Å². The fourth-order valence-corrected chi connectivity index (χ4v) is 2.35. The van der Waals surface area contributed by atoms with Crippen molar-refractivity contribution in [3.8, 4) is 0 Å². The minimum Gasteiger partial charge on any atom is -0.359 e. The zero-order valence-electron chi connectivity index (χ0n) is 17.0. The summed E-state index contributed by atoms with van der Waals surface area (Å²) in [6.45, 7) is 3.29. The van der Waals surface area contributed by atoms with Crippen LogP contribution in [0.4, 0.5) is 0 Å². The van der Waals surface area contributed by atoms with Crippen LogP contribution < -0.4 is 10.6 Å². The number of aromatic nitrogens is 1. The Morgan fingerprint density at radius 3 is 1.86 bits per heavy atom. The number of amides is 4. The Bertz CT molecular complexity index is 616. The summed E-state index contributed by atoms with van der Waals surface area (Å²) in [6, 6.07) is 5.91. The van der Waals surface area contributed by atoms with Crippen molar-refractivity contribution < 1.29 is 19.2 Å². The van der Waals surface area contributed by atoms with Gasteiger partial charge in [0, 0.05) is 52.8 Å². The molecule has 0 bridgehead atoms. The molecule has 0 spiro atoms. The molecule has 0 aliphatic carbocycles. The van der Waals surface area contributed by atoms with Gasteiger partial charge in [-0.25, -0.2) is 4.98 Å².